The largest absolute Gasteiger partial charge is 0.336 e. The molecule has 3 nitrogen and oxygen atoms in total. The van der Waals surface area contributed by atoms with E-state index in [1.165, 1.54) is 0 Å². The van der Waals surface area contributed by atoms with E-state index in [1.807, 2.05) is 30.3 Å². The molecule has 1 amide bonds. The molecule has 0 aliphatic carbocycles. The first-order chi connectivity index (χ1) is 9.19. The summed E-state index contributed by atoms with van der Waals surface area (Å²) in [6, 6.07) is 10.6. The maximum atomic E-state index is 12.8. The molecule has 0 aromatic heterocycles. The van der Waals surface area contributed by atoms with Crippen molar-refractivity contribution < 1.29 is 4.79 Å². The van der Waals surface area contributed by atoms with E-state index in [0.717, 1.165) is 24.8 Å². The molecule has 0 saturated carbocycles. The third kappa shape index (κ3) is 2.81. The minimum atomic E-state index is -0.198. The van der Waals surface area contributed by atoms with Gasteiger partial charge in [0.1, 0.15) is 0 Å². The fourth-order valence-electron chi connectivity index (χ4n) is 3.11. The Kier molecular flexibility index (Phi) is 4.59. The second-order valence-corrected chi connectivity index (χ2v) is 5.43. The van der Waals surface area contributed by atoms with Crippen molar-refractivity contribution in [2.75, 3.05) is 6.54 Å². The van der Waals surface area contributed by atoms with E-state index in [1.54, 1.807) is 0 Å². The quantitative estimate of drug-likeness (QED) is 0.904. The van der Waals surface area contributed by atoms with Gasteiger partial charge in [-0.25, -0.2) is 0 Å². The van der Waals surface area contributed by atoms with Crippen molar-refractivity contribution in [1.82, 2.24) is 4.90 Å². The molecule has 0 spiro atoms. The van der Waals surface area contributed by atoms with Crippen LogP contribution in [0.5, 0.6) is 0 Å². The van der Waals surface area contributed by atoms with E-state index in [2.05, 4.69) is 18.7 Å². The van der Waals surface area contributed by atoms with Gasteiger partial charge in [0, 0.05) is 18.6 Å². The number of hydrogen-bond acceptors (Lipinski definition) is 2. The average Bonchev–Trinajstić information content (AvgIpc) is 2.81. The van der Waals surface area contributed by atoms with Gasteiger partial charge in [-0.2, -0.15) is 0 Å². The fraction of sp³-hybridized carbons (Fsp3) is 0.562. The van der Waals surface area contributed by atoms with Crippen LogP contribution in [-0.2, 0) is 4.79 Å². The first kappa shape index (κ1) is 14.1. The summed E-state index contributed by atoms with van der Waals surface area (Å²) in [6.07, 6.45) is 3.26. The molecule has 104 valence electrons. The molecule has 1 saturated heterocycles. The molecule has 1 aromatic carbocycles. The van der Waals surface area contributed by atoms with Gasteiger partial charge in [-0.15, -0.1) is 0 Å². The normalized spacial score (nSPS) is 24.5. The zero-order valence-electron chi connectivity index (χ0n) is 11.9. The van der Waals surface area contributed by atoms with Crippen LogP contribution in [0.1, 0.15) is 44.6 Å². The second kappa shape index (κ2) is 6.20. The summed E-state index contributed by atoms with van der Waals surface area (Å²) in [7, 11) is 0. The minimum absolute atomic E-state index is 0.198. The van der Waals surface area contributed by atoms with Crippen LogP contribution in [-0.4, -0.2) is 29.4 Å². The third-order valence-electron chi connectivity index (χ3n) is 4.25. The monoisotopic (exact) mass is 260 g/mol. The van der Waals surface area contributed by atoms with Gasteiger partial charge in [0.25, 0.3) is 0 Å². The molecule has 1 heterocycles. The number of rotatable bonds is 4. The highest BCUT2D eigenvalue weighted by molar-refractivity contribution is 5.84. The van der Waals surface area contributed by atoms with Crippen LogP contribution in [0.3, 0.4) is 0 Å². The Morgan fingerprint density at radius 3 is 2.63 bits per heavy atom. The molecule has 2 rings (SSSR count). The molecule has 3 unspecified atom stereocenters. The number of amides is 1. The minimum Gasteiger partial charge on any atom is -0.336 e. The highest BCUT2D eigenvalue weighted by atomic mass is 16.2. The van der Waals surface area contributed by atoms with Crippen LogP contribution >= 0.6 is 0 Å². The molecule has 2 N–H and O–H groups in total. The van der Waals surface area contributed by atoms with E-state index in [0.29, 0.717) is 18.6 Å². The van der Waals surface area contributed by atoms with E-state index in [9.17, 15) is 4.79 Å². The first-order valence-electron chi connectivity index (χ1n) is 7.26. The molecule has 3 atom stereocenters. The third-order valence-corrected chi connectivity index (χ3v) is 4.25. The summed E-state index contributed by atoms with van der Waals surface area (Å²) in [5.41, 5.74) is 6.89. The highest BCUT2D eigenvalue weighted by Crippen LogP contribution is 2.30. The Labute approximate surface area is 115 Å². The van der Waals surface area contributed by atoms with E-state index in [4.69, 9.17) is 5.73 Å². The Bertz CT molecular complexity index is 418. The Hall–Kier alpha value is -1.35. The van der Waals surface area contributed by atoms with Gasteiger partial charge in [-0.1, -0.05) is 37.3 Å². The lowest BCUT2D eigenvalue weighted by molar-refractivity contribution is -0.135. The maximum absolute atomic E-state index is 12.8. The second-order valence-electron chi connectivity index (χ2n) is 5.43. The average molecular weight is 260 g/mol. The Balaban J connectivity index is 2.21. The summed E-state index contributed by atoms with van der Waals surface area (Å²) in [4.78, 5) is 14.9. The molecule has 1 aliphatic rings. The molecular formula is C16H24N2O. The zero-order valence-corrected chi connectivity index (χ0v) is 11.9. The van der Waals surface area contributed by atoms with Crippen molar-refractivity contribution in [3.05, 3.63) is 35.9 Å². The molecule has 1 aromatic rings. The molecule has 1 fully saturated rings. The molecule has 19 heavy (non-hydrogen) atoms. The van der Waals surface area contributed by atoms with E-state index < -0.39 is 0 Å². The standard InChI is InChI=1S/C16H24N2O/c1-3-14-10-9-12(2)18(14)16(19)15(11-17)13-7-5-4-6-8-13/h4-8,12,14-15H,3,9-11,17H2,1-2H3. The van der Waals surface area contributed by atoms with Crippen molar-refractivity contribution in [2.24, 2.45) is 5.73 Å². The number of carbonyl (C=O) groups excluding carboxylic acids is 1. The van der Waals surface area contributed by atoms with Crippen LogP contribution in [0.15, 0.2) is 30.3 Å². The summed E-state index contributed by atoms with van der Waals surface area (Å²) in [5, 5.41) is 0. The molecule has 3 heteroatoms. The van der Waals surface area contributed by atoms with Crippen LogP contribution in [0.25, 0.3) is 0 Å². The van der Waals surface area contributed by atoms with Crippen LogP contribution in [0.4, 0.5) is 0 Å². The van der Waals surface area contributed by atoms with Crippen molar-refractivity contribution in [2.45, 2.75) is 51.1 Å². The SMILES string of the molecule is CCC1CCC(C)N1C(=O)C(CN)c1ccccc1. The van der Waals surface area contributed by atoms with Gasteiger partial charge in [0.2, 0.25) is 5.91 Å². The van der Waals surface area contributed by atoms with Crippen molar-refractivity contribution >= 4 is 5.91 Å². The van der Waals surface area contributed by atoms with Crippen molar-refractivity contribution in [3.63, 3.8) is 0 Å². The number of nitrogens with two attached hydrogens (primary N) is 1. The van der Waals surface area contributed by atoms with Gasteiger partial charge in [0.05, 0.1) is 5.92 Å². The Morgan fingerprint density at radius 1 is 1.37 bits per heavy atom. The maximum Gasteiger partial charge on any atom is 0.231 e. The van der Waals surface area contributed by atoms with Crippen LogP contribution < -0.4 is 5.73 Å². The smallest absolute Gasteiger partial charge is 0.231 e. The number of nitrogens with zero attached hydrogens (tertiary/aromatic N) is 1. The van der Waals surface area contributed by atoms with Crippen molar-refractivity contribution in [1.29, 1.82) is 0 Å². The summed E-state index contributed by atoms with van der Waals surface area (Å²) in [5.74, 6) is 0.00125. The highest BCUT2D eigenvalue weighted by Gasteiger charge is 2.36. The van der Waals surface area contributed by atoms with Crippen LogP contribution in [0.2, 0.25) is 0 Å². The molecule has 1 aliphatic heterocycles. The summed E-state index contributed by atoms with van der Waals surface area (Å²) in [6.45, 7) is 4.68. The van der Waals surface area contributed by atoms with Gasteiger partial charge >= 0.3 is 0 Å². The number of carbonyl (C=O) groups is 1. The lowest BCUT2D eigenvalue weighted by Crippen LogP contribution is -2.44. The Morgan fingerprint density at radius 2 is 2.05 bits per heavy atom. The lowest BCUT2D eigenvalue weighted by atomic mass is 9.97. The van der Waals surface area contributed by atoms with Crippen LogP contribution in [0, 0.1) is 0 Å². The van der Waals surface area contributed by atoms with E-state index in [-0.39, 0.29) is 11.8 Å². The van der Waals surface area contributed by atoms with Crippen molar-refractivity contribution in [3.8, 4) is 0 Å². The zero-order chi connectivity index (χ0) is 13.8. The molecule has 0 radical (unpaired) electrons. The number of benzene rings is 1. The molecule has 0 bridgehead atoms. The summed E-state index contributed by atoms with van der Waals surface area (Å²) < 4.78 is 0. The number of likely N-dealkylation sites (tertiary alicyclic amines) is 1. The lowest BCUT2D eigenvalue weighted by Gasteiger charge is -2.31. The van der Waals surface area contributed by atoms with E-state index >= 15 is 0 Å². The van der Waals surface area contributed by atoms with Gasteiger partial charge in [0.15, 0.2) is 0 Å². The summed E-state index contributed by atoms with van der Waals surface area (Å²) >= 11 is 0. The van der Waals surface area contributed by atoms with Gasteiger partial charge in [-0.3, -0.25) is 4.79 Å². The predicted octanol–water partition coefficient (Wildman–Crippen LogP) is 2.52. The van der Waals surface area contributed by atoms with Gasteiger partial charge < -0.3 is 10.6 Å². The van der Waals surface area contributed by atoms with Gasteiger partial charge in [-0.05, 0) is 31.7 Å². The topological polar surface area (TPSA) is 46.3 Å². The first-order valence-corrected chi connectivity index (χ1v) is 7.26. The molecular weight excluding hydrogens is 236 g/mol. The fourth-order valence-corrected chi connectivity index (χ4v) is 3.11. The number of hydrogen-bond donors (Lipinski definition) is 1. The predicted molar refractivity (Wildman–Crippen MR) is 77.9 cm³/mol.